The van der Waals surface area contributed by atoms with Crippen LogP contribution >= 0.6 is 0 Å². The number of benzene rings is 2. The van der Waals surface area contributed by atoms with Crippen LogP contribution in [0.3, 0.4) is 0 Å². The summed E-state index contributed by atoms with van der Waals surface area (Å²) in [5.41, 5.74) is 3.54. The Morgan fingerprint density at radius 3 is 2.67 bits per heavy atom. The van der Waals surface area contributed by atoms with E-state index in [2.05, 4.69) is 30.0 Å². The fourth-order valence-corrected chi connectivity index (χ4v) is 3.50. The van der Waals surface area contributed by atoms with Crippen LogP contribution in [0.4, 0.5) is 10.1 Å². The molecule has 0 spiro atoms. The third-order valence-electron chi connectivity index (χ3n) is 4.80. The summed E-state index contributed by atoms with van der Waals surface area (Å²) in [6, 6.07) is 15.0. The molecular formula is C21H24FNO. The van der Waals surface area contributed by atoms with E-state index in [9.17, 15) is 9.18 Å². The molecule has 0 saturated carbocycles. The van der Waals surface area contributed by atoms with Gasteiger partial charge in [-0.1, -0.05) is 37.6 Å². The van der Waals surface area contributed by atoms with Crippen molar-refractivity contribution < 1.29 is 9.18 Å². The van der Waals surface area contributed by atoms with Gasteiger partial charge in [0, 0.05) is 25.1 Å². The van der Waals surface area contributed by atoms with Crippen molar-refractivity contribution in [2.45, 2.75) is 45.1 Å². The first-order chi connectivity index (χ1) is 11.7. The highest BCUT2D eigenvalue weighted by Gasteiger charge is 2.29. The molecule has 1 atom stereocenters. The monoisotopic (exact) mass is 325 g/mol. The topological polar surface area (TPSA) is 20.3 Å². The maximum absolute atomic E-state index is 13.3. The molecule has 0 saturated heterocycles. The zero-order chi connectivity index (χ0) is 16.9. The number of Topliss-reactive ketones (excluding diaryl/α,β-unsaturated/α-hetero) is 1. The third-order valence-corrected chi connectivity index (χ3v) is 4.80. The van der Waals surface area contributed by atoms with Gasteiger partial charge in [-0.15, -0.1) is 0 Å². The highest BCUT2D eigenvalue weighted by Crippen LogP contribution is 2.36. The smallest absolute Gasteiger partial charge is 0.135 e. The maximum Gasteiger partial charge on any atom is 0.135 e. The zero-order valence-corrected chi connectivity index (χ0v) is 14.2. The van der Waals surface area contributed by atoms with E-state index in [0.29, 0.717) is 18.6 Å². The second-order valence-electron chi connectivity index (χ2n) is 6.48. The minimum Gasteiger partial charge on any atom is -0.364 e. The van der Waals surface area contributed by atoms with Crippen molar-refractivity contribution in [3.63, 3.8) is 0 Å². The highest BCUT2D eigenvalue weighted by atomic mass is 19.1. The van der Waals surface area contributed by atoms with Gasteiger partial charge in [0.25, 0.3) is 0 Å². The molecule has 1 unspecified atom stereocenters. The molecule has 2 nitrogen and oxygen atoms in total. The van der Waals surface area contributed by atoms with Crippen LogP contribution in [-0.4, -0.2) is 12.3 Å². The Labute approximate surface area is 143 Å². The first-order valence-electron chi connectivity index (χ1n) is 8.80. The summed E-state index contributed by atoms with van der Waals surface area (Å²) >= 11 is 0. The van der Waals surface area contributed by atoms with Gasteiger partial charge in [0.1, 0.15) is 11.6 Å². The van der Waals surface area contributed by atoms with Crippen molar-refractivity contribution in [1.29, 1.82) is 0 Å². The normalized spacial score (nSPS) is 16.8. The van der Waals surface area contributed by atoms with Gasteiger partial charge in [0.15, 0.2) is 0 Å². The van der Waals surface area contributed by atoms with Crippen LogP contribution in [-0.2, 0) is 11.2 Å². The molecule has 24 heavy (non-hydrogen) atoms. The number of carbonyl (C=O) groups excluding carboxylic acids is 1. The number of halogens is 1. The largest absolute Gasteiger partial charge is 0.364 e. The van der Waals surface area contributed by atoms with Crippen LogP contribution in [0.15, 0.2) is 48.5 Å². The summed E-state index contributed by atoms with van der Waals surface area (Å²) in [7, 11) is 0. The molecule has 3 rings (SSSR count). The number of nitrogens with zero attached hydrogens (tertiary/aromatic N) is 1. The van der Waals surface area contributed by atoms with Gasteiger partial charge >= 0.3 is 0 Å². The van der Waals surface area contributed by atoms with Gasteiger partial charge in [-0.3, -0.25) is 4.79 Å². The molecule has 0 N–H and O–H groups in total. The molecule has 3 heteroatoms. The summed E-state index contributed by atoms with van der Waals surface area (Å²) in [5.74, 6) is 0.0809. The van der Waals surface area contributed by atoms with Crippen LogP contribution in [0.2, 0.25) is 0 Å². The lowest BCUT2D eigenvalue weighted by atomic mass is 9.88. The van der Waals surface area contributed by atoms with Crippen LogP contribution in [0.5, 0.6) is 0 Å². The standard InChI is InChI=1S/C21H24FNO/c1-2-3-7-19(24)15-21-20-8-5-4-6-16(20)13-14-23(21)18-11-9-17(22)10-12-18/h4-6,8-12,21H,2-3,7,13-15H2,1H3. The second-order valence-corrected chi connectivity index (χ2v) is 6.48. The molecule has 1 aliphatic heterocycles. The zero-order valence-electron chi connectivity index (χ0n) is 14.2. The second kappa shape index (κ2) is 7.61. The Kier molecular flexibility index (Phi) is 5.29. The van der Waals surface area contributed by atoms with Crippen LogP contribution in [0, 0.1) is 5.82 Å². The predicted molar refractivity (Wildman–Crippen MR) is 95.8 cm³/mol. The van der Waals surface area contributed by atoms with E-state index in [4.69, 9.17) is 0 Å². The Morgan fingerprint density at radius 2 is 1.92 bits per heavy atom. The summed E-state index contributed by atoms with van der Waals surface area (Å²) in [6.45, 7) is 2.96. The number of anilines is 1. The summed E-state index contributed by atoms with van der Waals surface area (Å²) in [5, 5.41) is 0. The maximum atomic E-state index is 13.3. The number of hydrogen-bond donors (Lipinski definition) is 0. The van der Waals surface area contributed by atoms with Crippen LogP contribution in [0.1, 0.15) is 49.8 Å². The van der Waals surface area contributed by atoms with E-state index in [1.807, 2.05) is 18.2 Å². The van der Waals surface area contributed by atoms with Crippen molar-refractivity contribution in [3.05, 3.63) is 65.5 Å². The Bertz CT molecular complexity index is 695. The first-order valence-corrected chi connectivity index (χ1v) is 8.80. The van der Waals surface area contributed by atoms with Crippen molar-refractivity contribution in [2.75, 3.05) is 11.4 Å². The number of fused-ring (bicyclic) bond motifs is 1. The molecule has 0 aromatic heterocycles. The van der Waals surface area contributed by atoms with E-state index in [-0.39, 0.29) is 11.9 Å². The Morgan fingerprint density at radius 1 is 1.17 bits per heavy atom. The number of unbranched alkanes of at least 4 members (excludes halogenated alkanes) is 1. The van der Waals surface area contributed by atoms with Gasteiger partial charge in [0.05, 0.1) is 6.04 Å². The highest BCUT2D eigenvalue weighted by molar-refractivity contribution is 5.80. The molecule has 0 radical (unpaired) electrons. The average Bonchev–Trinajstić information content (AvgIpc) is 2.61. The number of hydrogen-bond acceptors (Lipinski definition) is 2. The SMILES string of the molecule is CCCCC(=O)CC1c2ccccc2CCN1c1ccc(F)cc1. The van der Waals surface area contributed by atoms with Gasteiger partial charge in [-0.2, -0.15) is 0 Å². The van der Waals surface area contributed by atoms with Gasteiger partial charge in [-0.25, -0.2) is 4.39 Å². The first kappa shape index (κ1) is 16.7. The Hall–Kier alpha value is -2.16. The van der Waals surface area contributed by atoms with Crippen molar-refractivity contribution >= 4 is 11.5 Å². The minimum absolute atomic E-state index is 0.0461. The molecule has 2 aromatic carbocycles. The number of ketones is 1. The summed E-state index contributed by atoms with van der Waals surface area (Å²) in [4.78, 5) is 14.7. The molecule has 0 fully saturated rings. The minimum atomic E-state index is -0.230. The van der Waals surface area contributed by atoms with Crippen LogP contribution < -0.4 is 4.90 Å². The summed E-state index contributed by atoms with van der Waals surface area (Å²) < 4.78 is 13.3. The van der Waals surface area contributed by atoms with Gasteiger partial charge in [-0.05, 0) is 48.2 Å². The molecule has 126 valence electrons. The van der Waals surface area contributed by atoms with E-state index < -0.39 is 0 Å². The molecule has 2 aromatic rings. The molecule has 0 amide bonds. The lowest BCUT2D eigenvalue weighted by Crippen LogP contribution is -2.36. The van der Waals surface area contributed by atoms with E-state index >= 15 is 0 Å². The van der Waals surface area contributed by atoms with Crippen molar-refractivity contribution in [3.8, 4) is 0 Å². The molecule has 1 heterocycles. The fourth-order valence-electron chi connectivity index (χ4n) is 3.50. The molecule has 0 bridgehead atoms. The molecule has 1 aliphatic rings. The average molecular weight is 325 g/mol. The van der Waals surface area contributed by atoms with Crippen molar-refractivity contribution in [2.24, 2.45) is 0 Å². The third kappa shape index (κ3) is 3.66. The summed E-state index contributed by atoms with van der Waals surface area (Å²) in [6.07, 6.45) is 4.10. The van der Waals surface area contributed by atoms with Gasteiger partial charge in [0.2, 0.25) is 0 Å². The Balaban J connectivity index is 1.89. The van der Waals surface area contributed by atoms with Crippen LogP contribution in [0.25, 0.3) is 0 Å². The van der Waals surface area contributed by atoms with E-state index in [1.54, 1.807) is 0 Å². The lowest BCUT2D eigenvalue weighted by Gasteiger charge is -2.39. The molecule has 0 aliphatic carbocycles. The van der Waals surface area contributed by atoms with E-state index in [0.717, 1.165) is 31.5 Å². The van der Waals surface area contributed by atoms with Gasteiger partial charge < -0.3 is 4.90 Å². The fraction of sp³-hybridized carbons (Fsp3) is 0.381. The lowest BCUT2D eigenvalue weighted by molar-refractivity contribution is -0.119. The number of rotatable bonds is 6. The number of carbonyl (C=O) groups is 1. The van der Waals surface area contributed by atoms with Crippen molar-refractivity contribution in [1.82, 2.24) is 0 Å². The predicted octanol–water partition coefficient (Wildman–Crippen LogP) is 5.08. The molecular weight excluding hydrogens is 301 g/mol. The quantitative estimate of drug-likeness (QED) is 0.738. The van der Waals surface area contributed by atoms with E-state index in [1.165, 1.54) is 23.3 Å².